The maximum Gasteiger partial charge on any atom is 0.328 e. The highest BCUT2D eigenvalue weighted by atomic mass is 16.5. The number of carboxylic acids is 1. The average molecular weight is 276 g/mol. The first-order valence-electron chi connectivity index (χ1n) is 5.83. The Bertz CT molecular complexity index is 570. The van der Waals surface area contributed by atoms with Crippen molar-refractivity contribution in [1.29, 1.82) is 0 Å². The van der Waals surface area contributed by atoms with Crippen LogP contribution < -0.4 is 9.47 Å². The van der Waals surface area contributed by atoms with Crippen molar-refractivity contribution in [3.05, 3.63) is 47.6 Å². The first kappa shape index (κ1) is 15.5. The number of allylic oxidation sites excluding steroid dienone is 3. The smallest absolute Gasteiger partial charge is 0.328 e. The van der Waals surface area contributed by atoms with Crippen LogP contribution in [0.1, 0.15) is 17.3 Å². The molecule has 0 unspecified atom stereocenters. The van der Waals surface area contributed by atoms with Crippen LogP contribution in [0.5, 0.6) is 11.5 Å². The summed E-state index contributed by atoms with van der Waals surface area (Å²) in [6.07, 6.45) is 3.76. The number of methoxy groups -OCH3 is 2. The maximum absolute atomic E-state index is 12.1. The van der Waals surface area contributed by atoms with Crippen molar-refractivity contribution in [1.82, 2.24) is 0 Å². The fourth-order valence-corrected chi connectivity index (χ4v) is 1.55. The van der Waals surface area contributed by atoms with Crippen LogP contribution in [0.3, 0.4) is 0 Å². The van der Waals surface area contributed by atoms with Crippen LogP contribution in [0.4, 0.5) is 0 Å². The summed E-state index contributed by atoms with van der Waals surface area (Å²) in [6, 6.07) is 4.90. The van der Waals surface area contributed by atoms with Gasteiger partial charge in [-0.15, -0.1) is 0 Å². The maximum atomic E-state index is 12.1. The molecule has 0 saturated heterocycles. The molecule has 0 aromatic heterocycles. The highest BCUT2D eigenvalue weighted by Gasteiger charge is 2.11. The molecular weight excluding hydrogens is 260 g/mol. The molecule has 20 heavy (non-hydrogen) atoms. The summed E-state index contributed by atoms with van der Waals surface area (Å²) >= 11 is 0. The first-order chi connectivity index (χ1) is 9.47. The number of aliphatic carboxylic acids is 1. The lowest BCUT2D eigenvalue weighted by atomic mass is 10.1. The third-order valence-electron chi connectivity index (χ3n) is 2.52. The molecule has 0 saturated carbocycles. The lowest BCUT2D eigenvalue weighted by molar-refractivity contribution is -0.131. The van der Waals surface area contributed by atoms with E-state index in [2.05, 4.69) is 0 Å². The molecule has 0 amide bonds. The van der Waals surface area contributed by atoms with Crippen molar-refractivity contribution in [3.63, 3.8) is 0 Å². The predicted molar refractivity (Wildman–Crippen MR) is 74.4 cm³/mol. The molecule has 0 aliphatic carbocycles. The molecule has 0 heterocycles. The van der Waals surface area contributed by atoms with Gasteiger partial charge in [0.2, 0.25) is 0 Å². The molecule has 1 aromatic rings. The number of carboxylic acid groups (broad SMARTS) is 1. The van der Waals surface area contributed by atoms with E-state index in [-0.39, 0.29) is 5.78 Å². The summed E-state index contributed by atoms with van der Waals surface area (Å²) in [5.41, 5.74) is 0.818. The van der Waals surface area contributed by atoms with E-state index in [0.717, 1.165) is 6.08 Å². The van der Waals surface area contributed by atoms with Crippen LogP contribution in [0.25, 0.3) is 0 Å². The minimum absolute atomic E-state index is 0.293. The minimum atomic E-state index is -1.06. The predicted octanol–water partition coefficient (Wildman–Crippen LogP) is 2.47. The molecule has 0 atom stereocenters. The first-order valence-corrected chi connectivity index (χ1v) is 5.83. The fourth-order valence-electron chi connectivity index (χ4n) is 1.55. The molecule has 106 valence electrons. The molecule has 5 nitrogen and oxygen atoms in total. The quantitative estimate of drug-likeness (QED) is 0.491. The van der Waals surface area contributed by atoms with Crippen LogP contribution in [-0.2, 0) is 4.79 Å². The van der Waals surface area contributed by atoms with Crippen molar-refractivity contribution in [2.45, 2.75) is 6.92 Å². The van der Waals surface area contributed by atoms with Crippen molar-refractivity contribution >= 4 is 11.8 Å². The molecule has 0 aliphatic heterocycles. The number of rotatable bonds is 6. The molecule has 0 aliphatic rings. The zero-order valence-electron chi connectivity index (χ0n) is 11.5. The Morgan fingerprint density at radius 3 is 2.40 bits per heavy atom. The van der Waals surface area contributed by atoms with Gasteiger partial charge in [-0.2, -0.15) is 0 Å². The molecule has 1 rings (SSSR count). The standard InChI is InChI=1S/C15H16O5/c1-10(8-15(17)18)4-6-13(16)12-9-11(19-2)5-7-14(12)20-3/h4-9H,1-3H3,(H,17,18). The molecule has 0 bridgehead atoms. The van der Waals surface area contributed by atoms with E-state index in [0.29, 0.717) is 22.6 Å². The van der Waals surface area contributed by atoms with Gasteiger partial charge >= 0.3 is 5.97 Å². The number of carbonyl (C=O) groups excluding carboxylic acids is 1. The number of ether oxygens (including phenoxy) is 2. The van der Waals surface area contributed by atoms with Gasteiger partial charge in [-0.25, -0.2) is 4.79 Å². The van der Waals surface area contributed by atoms with Crippen LogP contribution >= 0.6 is 0 Å². The number of hydrogen-bond donors (Lipinski definition) is 1. The average Bonchev–Trinajstić information content (AvgIpc) is 2.43. The van der Waals surface area contributed by atoms with Crippen molar-refractivity contribution in [3.8, 4) is 11.5 Å². The Kier molecular flexibility index (Phi) is 5.53. The van der Waals surface area contributed by atoms with E-state index in [4.69, 9.17) is 14.6 Å². The van der Waals surface area contributed by atoms with Crippen LogP contribution in [0.2, 0.25) is 0 Å². The van der Waals surface area contributed by atoms with E-state index < -0.39 is 5.97 Å². The second kappa shape index (κ2) is 7.13. The summed E-state index contributed by atoms with van der Waals surface area (Å²) in [4.78, 5) is 22.6. The number of carbonyl (C=O) groups is 2. The number of hydrogen-bond acceptors (Lipinski definition) is 4. The van der Waals surface area contributed by atoms with Gasteiger partial charge in [-0.1, -0.05) is 6.08 Å². The summed E-state index contributed by atoms with van der Waals surface area (Å²) in [5.74, 6) is -0.377. The second-order valence-electron chi connectivity index (χ2n) is 3.99. The monoisotopic (exact) mass is 276 g/mol. The van der Waals surface area contributed by atoms with Gasteiger partial charge in [-0.05, 0) is 36.8 Å². The zero-order chi connectivity index (χ0) is 15.1. The fraction of sp³-hybridized carbons (Fsp3) is 0.200. The molecule has 5 heteroatoms. The molecule has 1 N–H and O–H groups in total. The van der Waals surface area contributed by atoms with E-state index in [9.17, 15) is 9.59 Å². The Balaban J connectivity index is 3.02. The Labute approximate surface area is 117 Å². The topological polar surface area (TPSA) is 72.8 Å². The highest BCUT2D eigenvalue weighted by molar-refractivity contribution is 6.07. The van der Waals surface area contributed by atoms with E-state index in [1.807, 2.05) is 0 Å². The van der Waals surface area contributed by atoms with E-state index >= 15 is 0 Å². The number of ketones is 1. The largest absolute Gasteiger partial charge is 0.497 e. The molecule has 1 aromatic carbocycles. The summed E-state index contributed by atoms with van der Waals surface area (Å²) in [6.45, 7) is 1.60. The molecule has 0 spiro atoms. The van der Waals surface area contributed by atoms with Crippen molar-refractivity contribution < 1.29 is 24.2 Å². The molecule has 0 fully saturated rings. The SMILES string of the molecule is COc1ccc(OC)c(C(=O)C=CC(C)=CC(=O)O)c1. The van der Waals surface area contributed by atoms with Gasteiger partial charge in [0.15, 0.2) is 5.78 Å². The Morgan fingerprint density at radius 2 is 1.85 bits per heavy atom. The zero-order valence-corrected chi connectivity index (χ0v) is 11.5. The normalized spacial score (nSPS) is 11.4. The van der Waals surface area contributed by atoms with Crippen molar-refractivity contribution in [2.24, 2.45) is 0 Å². The highest BCUT2D eigenvalue weighted by Crippen LogP contribution is 2.24. The second-order valence-corrected chi connectivity index (χ2v) is 3.99. The van der Waals surface area contributed by atoms with Gasteiger partial charge < -0.3 is 14.6 Å². The van der Waals surface area contributed by atoms with E-state index in [1.54, 1.807) is 25.1 Å². The summed E-state index contributed by atoms with van der Waals surface area (Å²) < 4.78 is 10.2. The Hall–Kier alpha value is -2.56. The van der Waals surface area contributed by atoms with Gasteiger partial charge in [-0.3, -0.25) is 4.79 Å². The van der Waals surface area contributed by atoms with Gasteiger partial charge in [0, 0.05) is 6.08 Å². The third kappa shape index (κ3) is 4.28. The molecular formula is C15H16O5. The van der Waals surface area contributed by atoms with Gasteiger partial charge in [0.1, 0.15) is 11.5 Å². The molecule has 0 radical (unpaired) electrons. The minimum Gasteiger partial charge on any atom is -0.497 e. The number of benzene rings is 1. The van der Waals surface area contributed by atoms with Gasteiger partial charge in [0.05, 0.1) is 19.8 Å². The third-order valence-corrected chi connectivity index (χ3v) is 2.52. The summed E-state index contributed by atoms with van der Waals surface area (Å²) in [7, 11) is 2.98. The van der Waals surface area contributed by atoms with Crippen molar-refractivity contribution in [2.75, 3.05) is 14.2 Å². The lowest BCUT2D eigenvalue weighted by Crippen LogP contribution is -2.00. The summed E-state index contributed by atoms with van der Waals surface area (Å²) in [5, 5.41) is 8.58. The van der Waals surface area contributed by atoms with E-state index in [1.165, 1.54) is 26.4 Å². The van der Waals surface area contributed by atoms with Crippen LogP contribution in [0.15, 0.2) is 42.0 Å². The Morgan fingerprint density at radius 1 is 1.15 bits per heavy atom. The lowest BCUT2D eigenvalue weighted by Gasteiger charge is -2.07. The van der Waals surface area contributed by atoms with Crippen LogP contribution in [-0.4, -0.2) is 31.1 Å². The van der Waals surface area contributed by atoms with Crippen LogP contribution in [0, 0.1) is 0 Å². The van der Waals surface area contributed by atoms with Gasteiger partial charge in [0.25, 0.3) is 0 Å².